The van der Waals surface area contributed by atoms with Crippen molar-refractivity contribution >= 4 is 27.6 Å². The average molecular weight is 741 g/mol. The minimum atomic E-state index is -3.12. The number of hydroxylamine groups is 2. The lowest BCUT2D eigenvalue weighted by Gasteiger charge is -2.23. The molecule has 0 aliphatic carbocycles. The Kier molecular flexibility index (Phi) is 11.1. The van der Waals surface area contributed by atoms with Gasteiger partial charge in [-0.2, -0.15) is 14.6 Å². The molecule has 3 amide bonds. The molecule has 0 radical (unpaired) electrons. The quantitative estimate of drug-likeness (QED) is 0.192. The topological polar surface area (TPSA) is 179 Å². The van der Waals surface area contributed by atoms with Gasteiger partial charge in [-0.15, -0.1) is 0 Å². The molecule has 52 heavy (non-hydrogen) atoms. The molecule has 3 aromatic heterocycles. The van der Waals surface area contributed by atoms with E-state index in [1.54, 1.807) is 34.9 Å². The third kappa shape index (κ3) is 8.20. The lowest BCUT2D eigenvalue weighted by molar-refractivity contribution is -0.154. The van der Waals surface area contributed by atoms with Gasteiger partial charge in [-0.1, -0.05) is 18.2 Å². The van der Waals surface area contributed by atoms with Crippen LogP contribution in [0.3, 0.4) is 0 Å². The molecule has 2 saturated heterocycles. The van der Waals surface area contributed by atoms with Crippen molar-refractivity contribution in [2.75, 3.05) is 50.7 Å². The first kappa shape index (κ1) is 36.7. The second-order valence-corrected chi connectivity index (χ2v) is 14.7. The van der Waals surface area contributed by atoms with Crippen molar-refractivity contribution in [2.45, 2.75) is 38.0 Å². The molecule has 18 heteroatoms. The summed E-state index contributed by atoms with van der Waals surface area (Å²) in [5, 5.41) is 15.1. The number of carbonyl (C=O) groups excluding carboxylic acids is 2. The Bertz CT molecular complexity index is 2040. The number of hydrogen-bond acceptors (Lipinski definition) is 11. The second-order valence-electron chi connectivity index (χ2n) is 12.4. The van der Waals surface area contributed by atoms with Crippen LogP contribution in [0, 0.1) is 18.7 Å². The van der Waals surface area contributed by atoms with E-state index in [2.05, 4.69) is 25.9 Å². The Hall–Kier alpha value is -5.04. The highest BCUT2D eigenvalue weighted by atomic mass is 32.2. The summed E-state index contributed by atoms with van der Waals surface area (Å²) in [6, 6.07) is 9.99. The molecule has 2 aliphatic rings. The maximum absolute atomic E-state index is 14.2. The van der Waals surface area contributed by atoms with Gasteiger partial charge in [-0.25, -0.2) is 32.3 Å². The number of halogens is 2. The fourth-order valence-corrected chi connectivity index (χ4v) is 7.62. The van der Waals surface area contributed by atoms with Crippen LogP contribution < -0.4 is 20.7 Å². The van der Waals surface area contributed by atoms with E-state index in [0.29, 0.717) is 54.3 Å². The molecule has 5 heterocycles. The van der Waals surface area contributed by atoms with Crippen LogP contribution in [-0.4, -0.2) is 103 Å². The molecule has 0 unspecified atom stereocenters. The van der Waals surface area contributed by atoms with Crippen LogP contribution in [-0.2, 0) is 19.4 Å². The van der Waals surface area contributed by atoms with Crippen molar-refractivity contribution in [3.05, 3.63) is 83.3 Å². The van der Waals surface area contributed by atoms with Crippen LogP contribution in [0.15, 0.2) is 54.9 Å². The summed E-state index contributed by atoms with van der Waals surface area (Å²) in [6.07, 6.45) is 2.39. The molecule has 0 spiro atoms. The number of benzene rings is 1. The molecule has 1 aromatic carbocycles. The van der Waals surface area contributed by atoms with Crippen LogP contribution in [0.25, 0.3) is 16.9 Å². The summed E-state index contributed by atoms with van der Waals surface area (Å²) in [5.41, 5.74) is 2.40. The van der Waals surface area contributed by atoms with Crippen molar-refractivity contribution in [2.24, 2.45) is 0 Å². The summed E-state index contributed by atoms with van der Waals surface area (Å²) < 4.78 is 63.7. The average Bonchev–Trinajstić information content (AvgIpc) is 3.69. The van der Waals surface area contributed by atoms with Crippen molar-refractivity contribution in [3.63, 3.8) is 0 Å². The number of amides is 3. The highest BCUT2D eigenvalue weighted by molar-refractivity contribution is 7.91. The predicted molar refractivity (Wildman–Crippen MR) is 185 cm³/mol. The lowest BCUT2D eigenvalue weighted by Crippen LogP contribution is -2.42. The Morgan fingerprint density at radius 1 is 1.04 bits per heavy atom. The van der Waals surface area contributed by atoms with Gasteiger partial charge in [0, 0.05) is 55.3 Å². The van der Waals surface area contributed by atoms with Crippen LogP contribution in [0.5, 0.6) is 5.88 Å². The molecule has 2 aliphatic heterocycles. The van der Waals surface area contributed by atoms with Gasteiger partial charge in [0.05, 0.1) is 42.6 Å². The zero-order chi connectivity index (χ0) is 37.0. The van der Waals surface area contributed by atoms with Gasteiger partial charge in [0.1, 0.15) is 27.3 Å². The molecule has 2 fully saturated rings. The number of nitrogens with one attached hydrogen (secondary N) is 3. The van der Waals surface area contributed by atoms with Gasteiger partial charge in [0.15, 0.2) is 5.82 Å². The maximum atomic E-state index is 14.2. The van der Waals surface area contributed by atoms with Gasteiger partial charge in [-0.05, 0) is 44.0 Å². The molecule has 0 bridgehead atoms. The molecule has 276 valence electrons. The van der Waals surface area contributed by atoms with E-state index in [0.717, 1.165) is 12.3 Å². The smallest absolute Gasteiger partial charge is 0.320 e. The highest BCUT2D eigenvalue weighted by Crippen LogP contribution is 2.33. The number of urea groups is 1. The Morgan fingerprint density at radius 2 is 1.79 bits per heavy atom. The zero-order valence-electron chi connectivity index (χ0n) is 28.6. The number of methoxy groups -OCH3 is 2. The van der Waals surface area contributed by atoms with E-state index < -0.39 is 45.7 Å². The fourth-order valence-electron chi connectivity index (χ4n) is 6.12. The summed E-state index contributed by atoms with van der Waals surface area (Å²) in [5.74, 6) is -2.49. The monoisotopic (exact) mass is 740 g/mol. The van der Waals surface area contributed by atoms with Crippen molar-refractivity contribution in [3.8, 4) is 22.8 Å². The molecule has 0 saturated carbocycles. The summed E-state index contributed by atoms with van der Waals surface area (Å²) in [7, 11) is -0.190. The Morgan fingerprint density at radius 3 is 2.48 bits per heavy atom. The number of aromatic nitrogens is 4. The fraction of sp³-hybridized carbons (Fsp3) is 0.382. The molecular formula is C34H38F2N8O7S. The number of carbonyl (C=O) groups is 2. The first-order valence-corrected chi connectivity index (χ1v) is 18.3. The first-order valence-electron chi connectivity index (χ1n) is 16.5. The van der Waals surface area contributed by atoms with Crippen LogP contribution in [0.4, 0.5) is 19.4 Å². The van der Waals surface area contributed by atoms with Crippen molar-refractivity contribution < 1.29 is 41.1 Å². The van der Waals surface area contributed by atoms with Gasteiger partial charge >= 0.3 is 6.03 Å². The number of sulfone groups is 1. The third-order valence-corrected chi connectivity index (χ3v) is 10.6. The van der Waals surface area contributed by atoms with Crippen LogP contribution >= 0.6 is 0 Å². The van der Waals surface area contributed by atoms with E-state index in [9.17, 15) is 26.8 Å². The normalized spacial score (nSPS) is 18.9. The van der Waals surface area contributed by atoms with Gasteiger partial charge in [0.25, 0.3) is 5.91 Å². The summed E-state index contributed by atoms with van der Waals surface area (Å²) in [6.45, 7) is 2.65. The molecular weight excluding hydrogens is 702 g/mol. The first-order chi connectivity index (χ1) is 25.0. The van der Waals surface area contributed by atoms with Crippen molar-refractivity contribution in [1.29, 1.82) is 0 Å². The number of anilines is 1. The Balaban J connectivity index is 1.28. The number of pyridine rings is 2. The maximum Gasteiger partial charge on any atom is 0.320 e. The minimum Gasteiger partial charge on any atom is -0.480 e. The van der Waals surface area contributed by atoms with E-state index in [4.69, 9.17) is 19.4 Å². The Labute approximate surface area is 298 Å². The number of rotatable bonds is 11. The molecule has 2 atom stereocenters. The SMILES string of the molecule is COCCN1C[C@@H](NC(=O)Nc2c(C)c(-c3cnc(OC)c(C(=O)NC4CCS(=O)(=O)CC4)c3)nn2-c2ccccc2)[C@H](c2cnc(F)c(F)c2)O1. The molecule has 15 nitrogen and oxygen atoms in total. The summed E-state index contributed by atoms with van der Waals surface area (Å²) >= 11 is 0. The second kappa shape index (κ2) is 15.7. The zero-order valence-corrected chi connectivity index (χ0v) is 29.5. The van der Waals surface area contributed by atoms with Gasteiger partial charge in [0.2, 0.25) is 11.8 Å². The number of ether oxygens (including phenoxy) is 2. The predicted octanol–water partition coefficient (Wildman–Crippen LogP) is 3.36. The molecule has 4 aromatic rings. The van der Waals surface area contributed by atoms with E-state index in [-0.39, 0.29) is 41.1 Å². The van der Waals surface area contributed by atoms with Gasteiger partial charge in [-0.3, -0.25) is 14.9 Å². The van der Waals surface area contributed by atoms with Crippen LogP contribution in [0.2, 0.25) is 0 Å². The highest BCUT2D eigenvalue weighted by Gasteiger charge is 2.37. The van der Waals surface area contributed by atoms with Crippen LogP contribution in [0.1, 0.15) is 40.4 Å². The standard InChI is InChI=1S/C34H38F2N8O7S/c1-20-28(21-15-25(33(50-3)38-17-21)32(45)39-23-9-13-52(47,48)14-10-23)42-44(24-7-5-4-6-8-24)31(20)41-34(46)40-27-19-43(11-12-49-2)51-29(27)22-16-26(35)30(36)37-18-22/h4-8,15-18,23,27,29H,9-14,19H2,1-3H3,(H,39,45)(H2,40,41,46)/t27-,29+/m1/s1. The van der Waals surface area contributed by atoms with E-state index in [1.165, 1.54) is 20.4 Å². The molecule has 6 rings (SSSR count). The number of hydrogen-bond donors (Lipinski definition) is 3. The van der Waals surface area contributed by atoms with E-state index >= 15 is 0 Å². The van der Waals surface area contributed by atoms with Gasteiger partial charge < -0.3 is 20.1 Å². The number of para-hydroxylation sites is 1. The minimum absolute atomic E-state index is 0.00462. The van der Waals surface area contributed by atoms with E-state index in [1.807, 2.05) is 18.2 Å². The van der Waals surface area contributed by atoms with Crippen molar-refractivity contribution in [1.82, 2.24) is 35.4 Å². The molecule has 3 N–H and O–H groups in total. The third-order valence-electron chi connectivity index (χ3n) is 8.84. The lowest BCUT2D eigenvalue weighted by atomic mass is 10.0. The summed E-state index contributed by atoms with van der Waals surface area (Å²) in [4.78, 5) is 40.9. The number of nitrogens with zero attached hydrogens (tertiary/aromatic N) is 5. The largest absolute Gasteiger partial charge is 0.480 e.